The summed E-state index contributed by atoms with van der Waals surface area (Å²) in [7, 11) is 0. The molecular weight excluding hydrogens is 244 g/mol. The van der Waals surface area contributed by atoms with Crippen molar-refractivity contribution in [1.29, 1.82) is 0 Å². The van der Waals surface area contributed by atoms with Gasteiger partial charge in [0.1, 0.15) is 5.69 Å². The summed E-state index contributed by atoms with van der Waals surface area (Å²) in [6.07, 6.45) is 4.41. The molecule has 0 unspecified atom stereocenters. The Morgan fingerprint density at radius 2 is 2.11 bits per heavy atom. The van der Waals surface area contributed by atoms with Gasteiger partial charge in [-0.3, -0.25) is 10.1 Å². The number of nitro groups is 1. The van der Waals surface area contributed by atoms with E-state index in [9.17, 15) is 15.2 Å². The summed E-state index contributed by atoms with van der Waals surface area (Å²) < 4.78 is 0. The Hall–Kier alpha value is -1.62. The molecule has 0 amide bonds. The zero-order chi connectivity index (χ0) is 13.8. The normalized spacial score (nSPS) is 15.7. The first kappa shape index (κ1) is 13.8. The Balaban J connectivity index is 2.37. The van der Waals surface area contributed by atoms with Crippen LogP contribution in [0.1, 0.15) is 31.2 Å². The van der Waals surface area contributed by atoms with Gasteiger partial charge in [0, 0.05) is 18.7 Å². The summed E-state index contributed by atoms with van der Waals surface area (Å²) in [6.45, 7) is 2.32. The zero-order valence-corrected chi connectivity index (χ0v) is 11.2. The SMILES string of the molecule is Cc1ccc(N(CCO)C2CCCC2)c([N+](=O)[O-])c1. The largest absolute Gasteiger partial charge is 0.395 e. The van der Waals surface area contributed by atoms with Gasteiger partial charge in [-0.05, 0) is 31.4 Å². The van der Waals surface area contributed by atoms with E-state index in [1.807, 2.05) is 17.9 Å². The summed E-state index contributed by atoms with van der Waals surface area (Å²) in [5, 5.41) is 20.4. The number of anilines is 1. The van der Waals surface area contributed by atoms with Gasteiger partial charge in [-0.1, -0.05) is 18.9 Å². The van der Waals surface area contributed by atoms with Crippen molar-refractivity contribution in [1.82, 2.24) is 0 Å². The molecule has 0 heterocycles. The molecule has 0 spiro atoms. The highest BCUT2D eigenvalue weighted by Crippen LogP contribution is 2.34. The highest BCUT2D eigenvalue weighted by molar-refractivity contribution is 5.65. The van der Waals surface area contributed by atoms with Crippen LogP contribution >= 0.6 is 0 Å². The van der Waals surface area contributed by atoms with Crippen LogP contribution in [-0.4, -0.2) is 29.2 Å². The fourth-order valence-electron chi connectivity index (χ4n) is 2.85. The molecule has 0 aliphatic heterocycles. The van der Waals surface area contributed by atoms with Crippen molar-refractivity contribution >= 4 is 11.4 Å². The van der Waals surface area contributed by atoms with Gasteiger partial charge in [0.05, 0.1) is 11.5 Å². The number of benzene rings is 1. The first-order valence-corrected chi connectivity index (χ1v) is 6.76. The van der Waals surface area contributed by atoms with Crippen LogP contribution < -0.4 is 4.90 Å². The van der Waals surface area contributed by atoms with Gasteiger partial charge in [0.15, 0.2) is 0 Å². The molecule has 1 aliphatic carbocycles. The summed E-state index contributed by atoms with van der Waals surface area (Å²) in [6, 6.07) is 5.62. The second-order valence-corrected chi connectivity index (χ2v) is 5.10. The monoisotopic (exact) mass is 264 g/mol. The van der Waals surface area contributed by atoms with Gasteiger partial charge in [-0.2, -0.15) is 0 Å². The quantitative estimate of drug-likeness (QED) is 0.656. The van der Waals surface area contributed by atoms with Crippen LogP contribution in [0.5, 0.6) is 0 Å². The molecule has 0 aromatic heterocycles. The summed E-state index contributed by atoms with van der Waals surface area (Å²) in [4.78, 5) is 12.9. The van der Waals surface area contributed by atoms with Crippen molar-refractivity contribution < 1.29 is 10.0 Å². The van der Waals surface area contributed by atoms with Crippen LogP contribution in [0.2, 0.25) is 0 Å². The Morgan fingerprint density at radius 1 is 1.42 bits per heavy atom. The smallest absolute Gasteiger partial charge is 0.292 e. The van der Waals surface area contributed by atoms with Crippen LogP contribution in [0.4, 0.5) is 11.4 Å². The number of hydrogen-bond acceptors (Lipinski definition) is 4. The fraction of sp³-hybridized carbons (Fsp3) is 0.571. The lowest BCUT2D eigenvalue weighted by Gasteiger charge is -2.30. The number of hydrogen-bond donors (Lipinski definition) is 1. The van der Waals surface area contributed by atoms with E-state index >= 15 is 0 Å². The average Bonchev–Trinajstić information content (AvgIpc) is 2.90. The Morgan fingerprint density at radius 3 is 2.68 bits per heavy atom. The first-order valence-electron chi connectivity index (χ1n) is 6.76. The van der Waals surface area contributed by atoms with E-state index in [1.54, 1.807) is 12.1 Å². The molecule has 1 aromatic rings. The molecule has 1 N–H and O–H groups in total. The standard InChI is InChI=1S/C14H20N2O3/c1-11-6-7-13(14(10-11)16(18)19)15(8-9-17)12-4-2-3-5-12/h6-7,10,12,17H,2-5,8-9H2,1H3. The molecule has 0 radical (unpaired) electrons. The summed E-state index contributed by atoms with van der Waals surface area (Å²) in [5.41, 5.74) is 1.66. The lowest BCUT2D eigenvalue weighted by Crippen LogP contribution is -2.36. The van der Waals surface area contributed by atoms with E-state index in [0.29, 0.717) is 18.3 Å². The molecule has 1 aliphatic rings. The lowest BCUT2D eigenvalue weighted by atomic mass is 10.1. The third-order valence-corrected chi connectivity index (χ3v) is 3.74. The van der Waals surface area contributed by atoms with Crippen molar-refractivity contribution in [2.45, 2.75) is 38.6 Å². The van der Waals surface area contributed by atoms with Gasteiger partial charge in [0.25, 0.3) is 5.69 Å². The van der Waals surface area contributed by atoms with E-state index < -0.39 is 0 Å². The maximum atomic E-state index is 11.2. The number of aryl methyl sites for hydroxylation is 1. The molecule has 104 valence electrons. The minimum atomic E-state index is -0.332. The van der Waals surface area contributed by atoms with Crippen molar-refractivity contribution in [2.24, 2.45) is 0 Å². The summed E-state index contributed by atoms with van der Waals surface area (Å²) in [5.74, 6) is 0. The molecular formula is C14H20N2O3. The number of aliphatic hydroxyl groups excluding tert-OH is 1. The predicted octanol–water partition coefficient (Wildman–Crippen LogP) is 2.64. The summed E-state index contributed by atoms with van der Waals surface area (Å²) >= 11 is 0. The lowest BCUT2D eigenvalue weighted by molar-refractivity contribution is -0.384. The number of rotatable bonds is 5. The maximum Gasteiger partial charge on any atom is 0.292 e. The average molecular weight is 264 g/mol. The molecule has 5 nitrogen and oxygen atoms in total. The van der Waals surface area contributed by atoms with Gasteiger partial charge >= 0.3 is 0 Å². The van der Waals surface area contributed by atoms with Crippen molar-refractivity contribution in [2.75, 3.05) is 18.1 Å². The van der Waals surface area contributed by atoms with Crippen molar-refractivity contribution in [3.8, 4) is 0 Å². The van der Waals surface area contributed by atoms with Crippen LogP contribution in [0, 0.1) is 17.0 Å². The Kier molecular flexibility index (Phi) is 4.37. The molecule has 2 rings (SSSR count). The molecule has 5 heteroatoms. The topological polar surface area (TPSA) is 66.6 Å². The molecule has 19 heavy (non-hydrogen) atoms. The van der Waals surface area contributed by atoms with E-state index in [1.165, 1.54) is 0 Å². The van der Waals surface area contributed by atoms with Crippen LogP contribution in [0.15, 0.2) is 18.2 Å². The minimum Gasteiger partial charge on any atom is -0.395 e. The van der Waals surface area contributed by atoms with Crippen LogP contribution in [-0.2, 0) is 0 Å². The highest BCUT2D eigenvalue weighted by Gasteiger charge is 2.27. The zero-order valence-electron chi connectivity index (χ0n) is 11.2. The van der Waals surface area contributed by atoms with Crippen molar-refractivity contribution in [3.63, 3.8) is 0 Å². The molecule has 1 aromatic carbocycles. The minimum absolute atomic E-state index is 0.0154. The molecule has 0 saturated heterocycles. The van der Waals surface area contributed by atoms with Gasteiger partial charge in [-0.15, -0.1) is 0 Å². The van der Waals surface area contributed by atoms with Crippen LogP contribution in [0.3, 0.4) is 0 Å². The number of nitrogens with zero attached hydrogens (tertiary/aromatic N) is 2. The number of aliphatic hydroxyl groups is 1. The van der Waals surface area contributed by atoms with E-state index in [0.717, 1.165) is 31.2 Å². The third-order valence-electron chi connectivity index (χ3n) is 3.74. The first-order chi connectivity index (χ1) is 9.13. The van der Waals surface area contributed by atoms with Crippen LogP contribution in [0.25, 0.3) is 0 Å². The molecule has 0 atom stereocenters. The Labute approximate surface area is 113 Å². The Bertz CT molecular complexity index is 456. The van der Waals surface area contributed by atoms with Crippen molar-refractivity contribution in [3.05, 3.63) is 33.9 Å². The maximum absolute atomic E-state index is 11.2. The fourth-order valence-corrected chi connectivity index (χ4v) is 2.85. The predicted molar refractivity (Wildman–Crippen MR) is 74.5 cm³/mol. The highest BCUT2D eigenvalue weighted by atomic mass is 16.6. The number of nitro benzene ring substituents is 1. The third kappa shape index (κ3) is 3.04. The second kappa shape index (κ2) is 6.02. The molecule has 1 fully saturated rings. The van der Waals surface area contributed by atoms with E-state index in [2.05, 4.69) is 0 Å². The molecule has 0 bridgehead atoms. The second-order valence-electron chi connectivity index (χ2n) is 5.10. The van der Waals surface area contributed by atoms with E-state index in [4.69, 9.17) is 0 Å². The van der Waals surface area contributed by atoms with Gasteiger partial charge < -0.3 is 10.0 Å². The van der Waals surface area contributed by atoms with E-state index in [-0.39, 0.29) is 17.2 Å². The van der Waals surface area contributed by atoms with Gasteiger partial charge in [0.2, 0.25) is 0 Å². The van der Waals surface area contributed by atoms with Gasteiger partial charge in [-0.25, -0.2) is 0 Å². The molecule has 1 saturated carbocycles.